The van der Waals surface area contributed by atoms with Gasteiger partial charge in [-0.2, -0.15) is 0 Å². The highest BCUT2D eigenvalue weighted by Crippen LogP contribution is 2.18. The van der Waals surface area contributed by atoms with Crippen LogP contribution in [-0.4, -0.2) is 23.1 Å². The lowest BCUT2D eigenvalue weighted by molar-refractivity contribution is 0.0467. The van der Waals surface area contributed by atoms with Crippen molar-refractivity contribution in [2.24, 2.45) is 0 Å². The van der Waals surface area contributed by atoms with Crippen LogP contribution in [0.25, 0.3) is 0 Å². The lowest BCUT2D eigenvalue weighted by Gasteiger charge is -2.08. The van der Waals surface area contributed by atoms with Crippen LogP contribution in [0.3, 0.4) is 0 Å². The fraction of sp³-hybridized carbons (Fsp3) is 0.0952. The normalized spacial score (nSPS) is 10.3. The lowest BCUT2D eigenvalue weighted by atomic mass is 10.1. The Morgan fingerprint density at radius 1 is 1.00 bits per heavy atom. The Balaban J connectivity index is 1.59. The van der Waals surface area contributed by atoms with Crippen LogP contribution in [0.4, 0.5) is 5.69 Å². The van der Waals surface area contributed by atoms with Crippen LogP contribution in [0.1, 0.15) is 26.3 Å². The minimum Gasteiger partial charge on any atom is -0.457 e. The van der Waals surface area contributed by atoms with E-state index in [1.54, 1.807) is 42.6 Å². The predicted octanol–water partition coefficient (Wildman–Crippen LogP) is 4.41. The minimum absolute atomic E-state index is 0.127. The van der Waals surface area contributed by atoms with Crippen molar-refractivity contribution in [3.05, 3.63) is 89.6 Å². The second-order valence-corrected chi connectivity index (χ2v) is 6.45. The number of ether oxygens (including phenoxy) is 1. The molecule has 3 aromatic rings. The first kappa shape index (κ1) is 18.7. The largest absolute Gasteiger partial charge is 0.457 e. The molecule has 6 heteroatoms. The molecule has 5 nitrogen and oxygen atoms in total. The summed E-state index contributed by atoms with van der Waals surface area (Å²) in [5, 5.41) is 3.46. The Labute approximate surface area is 161 Å². The van der Waals surface area contributed by atoms with Crippen molar-refractivity contribution in [3.63, 3.8) is 0 Å². The number of anilines is 1. The number of aromatic nitrogens is 1. The Bertz CT molecular complexity index is 928. The van der Waals surface area contributed by atoms with Crippen molar-refractivity contribution in [2.45, 2.75) is 11.6 Å². The summed E-state index contributed by atoms with van der Waals surface area (Å²) in [6.07, 6.45) is 3.50. The number of nitrogens with one attached hydrogen (secondary N) is 1. The first-order chi connectivity index (χ1) is 13.2. The van der Waals surface area contributed by atoms with E-state index in [-0.39, 0.29) is 12.5 Å². The third kappa shape index (κ3) is 4.95. The highest BCUT2D eigenvalue weighted by Gasteiger charge is 2.13. The molecule has 136 valence electrons. The van der Waals surface area contributed by atoms with E-state index in [1.165, 1.54) is 11.8 Å². The molecule has 0 saturated heterocycles. The van der Waals surface area contributed by atoms with E-state index in [2.05, 4.69) is 10.3 Å². The summed E-state index contributed by atoms with van der Waals surface area (Å²) < 4.78 is 5.36. The average Bonchev–Trinajstić information content (AvgIpc) is 2.73. The standard InChI is InChI=1S/C21H18N2O3S/c1-27-20-18(8-5-13-22-20)21(25)26-14-15-9-11-16(12-10-15)19(24)23-17-6-3-2-4-7-17/h2-13H,14H2,1H3,(H,23,24). The van der Waals surface area contributed by atoms with E-state index < -0.39 is 5.97 Å². The molecular weight excluding hydrogens is 360 g/mol. The third-order valence-electron chi connectivity index (χ3n) is 3.80. The monoisotopic (exact) mass is 378 g/mol. The SMILES string of the molecule is CSc1ncccc1C(=O)OCc1ccc(C(=O)Nc2ccccc2)cc1. The van der Waals surface area contributed by atoms with Gasteiger partial charge in [-0.25, -0.2) is 9.78 Å². The number of esters is 1. The Morgan fingerprint density at radius 3 is 2.44 bits per heavy atom. The Hall–Kier alpha value is -3.12. The first-order valence-corrected chi connectivity index (χ1v) is 9.51. The van der Waals surface area contributed by atoms with E-state index in [1.807, 2.05) is 36.6 Å². The zero-order valence-corrected chi connectivity index (χ0v) is 15.5. The van der Waals surface area contributed by atoms with Crippen LogP contribution in [0.5, 0.6) is 0 Å². The van der Waals surface area contributed by atoms with Gasteiger partial charge in [0.05, 0.1) is 5.56 Å². The molecule has 1 N–H and O–H groups in total. The molecule has 0 spiro atoms. The fourth-order valence-corrected chi connectivity index (χ4v) is 2.95. The minimum atomic E-state index is -0.418. The van der Waals surface area contributed by atoms with Gasteiger partial charge in [-0.15, -0.1) is 11.8 Å². The maximum Gasteiger partial charge on any atom is 0.341 e. The van der Waals surface area contributed by atoms with Crippen LogP contribution < -0.4 is 5.32 Å². The zero-order valence-electron chi connectivity index (χ0n) is 14.7. The van der Waals surface area contributed by atoms with Crippen molar-refractivity contribution in [2.75, 3.05) is 11.6 Å². The number of carbonyl (C=O) groups is 2. The molecule has 1 aromatic heterocycles. The summed E-state index contributed by atoms with van der Waals surface area (Å²) >= 11 is 1.39. The topological polar surface area (TPSA) is 68.3 Å². The molecule has 0 bridgehead atoms. The number of pyridine rings is 1. The lowest BCUT2D eigenvalue weighted by Crippen LogP contribution is -2.12. The van der Waals surface area contributed by atoms with E-state index in [4.69, 9.17) is 4.74 Å². The number of para-hydroxylation sites is 1. The van der Waals surface area contributed by atoms with Crippen LogP contribution in [0.15, 0.2) is 78.0 Å². The van der Waals surface area contributed by atoms with Gasteiger partial charge in [0, 0.05) is 17.4 Å². The molecule has 0 aliphatic carbocycles. The molecule has 27 heavy (non-hydrogen) atoms. The van der Waals surface area contributed by atoms with E-state index in [0.29, 0.717) is 16.2 Å². The van der Waals surface area contributed by atoms with Gasteiger partial charge in [0.15, 0.2) is 0 Å². The van der Waals surface area contributed by atoms with Gasteiger partial charge in [0.25, 0.3) is 5.91 Å². The molecule has 0 aliphatic heterocycles. The number of hydrogen-bond acceptors (Lipinski definition) is 5. The smallest absolute Gasteiger partial charge is 0.341 e. The summed E-state index contributed by atoms with van der Waals surface area (Å²) in [5.41, 5.74) is 2.52. The van der Waals surface area contributed by atoms with Crippen molar-refractivity contribution in [3.8, 4) is 0 Å². The van der Waals surface area contributed by atoms with Crippen LogP contribution in [0, 0.1) is 0 Å². The summed E-state index contributed by atoms with van der Waals surface area (Å²) in [6.45, 7) is 0.127. The molecule has 1 heterocycles. The molecule has 1 amide bonds. The van der Waals surface area contributed by atoms with Crippen molar-refractivity contribution in [1.82, 2.24) is 4.98 Å². The maximum absolute atomic E-state index is 12.2. The molecule has 3 rings (SSSR count). The summed E-state index contributed by atoms with van der Waals surface area (Å²) in [5.74, 6) is -0.608. The maximum atomic E-state index is 12.2. The Kier molecular flexibility index (Phi) is 6.22. The fourth-order valence-electron chi connectivity index (χ4n) is 2.41. The van der Waals surface area contributed by atoms with E-state index in [0.717, 1.165) is 11.3 Å². The quantitative estimate of drug-likeness (QED) is 0.508. The second-order valence-electron chi connectivity index (χ2n) is 5.65. The van der Waals surface area contributed by atoms with Gasteiger partial charge in [-0.3, -0.25) is 4.79 Å². The number of rotatable bonds is 6. The number of benzene rings is 2. The van der Waals surface area contributed by atoms with E-state index >= 15 is 0 Å². The third-order valence-corrected chi connectivity index (χ3v) is 4.51. The van der Waals surface area contributed by atoms with Crippen molar-refractivity contribution in [1.29, 1.82) is 0 Å². The second kappa shape index (κ2) is 9.00. The molecule has 0 aliphatic rings. The summed E-state index contributed by atoms with van der Waals surface area (Å²) in [4.78, 5) is 28.6. The van der Waals surface area contributed by atoms with Gasteiger partial charge in [0.1, 0.15) is 11.6 Å². The first-order valence-electron chi connectivity index (χ1n) is 8.29. The van der Waals surface area contributed by atoms with Gasteiger partial charge >= 0.3 is 5.97 Å². The number of hydrogen-bond donors (Lipinski definition) is 1. The van der Waals surface area contributed by atoms with Crippen LogP contribution in [-0.2, 0) is 11.3 Å². The summed E-state index contributed by atoms with van der Waals surface area (Å²) in [6, 6.07) is 19.6. The molecular formula is C21H18N2O3S. The number of nitrogens with zero attached hydrogens (tertiary/aromatic N) is 1. The predicted molar refractivity (Wildman–Crippen MR) is 106 cm³/mol. The molecule has 0 atom stereocenters. The number of amides is 1. The zero-order chi connectivity index (χ0) is 19.1. The molecule has 0 unspecified atom stereocenters. The Morgan fingerprint density at radius 2 is 1.74 bits per heavy atom. The highest BCUT2D eigenvalue weighted by atomic mass is 32.2. The molecule has 0 fully saturated rings. The average molecular weight is 378 g/mol. The molecule has 0 saturated carbocycles. The van der Waals surface area contributed by atoms with Crippen molar-refractivity contribution >= 4 is 29.3 Å². The van der Waals surface area contributed by atoms with Crippen molar-refractivity contribution < 1.29 is 14.3 Å². The molecule has 0 radical (unpaired) electrons. The number of thioether (sulfide) groups is 1. The van der Waals surface area contributed by atoms with Gasteiger partial charge in [-0.05, 0) is 48.2 Å². The molecule has 2 aromatic carbocycles. The van der Waals surface area contributed by atoms with Crippen LogP contribution >= 0.6 is 11.8 Å². The highest BCUT2D eigenvalue weighted by molar-refractivity contribution is 7.98. The van der Waals surface area contributed by atoms with Gasteiger partial charge in [0.2, 0.25) is 0 Å². The summed E-state index contributed by atoms with van der Waals surface area (Å²) in [7, 11) is 0. The van der Waals surface area contributed by atoms with Gasteiger partial charge < -0.3 is 10.1 Å². The van der Waals surface area contributed by atoms with Crippen LogP contribution in [0.2, 0.25) is 0 Å². The van der Waals surface area contributed by atoms with Gasteiger partial charge in [-0.1, -0.05) is 30.3 Å². The van der Waals surface area contributed by atoms with E-state index in [9.17, 15) is 9.59 Å². The number of carbonyl (C=O) groups excluding carboxylic acids is 2.